The molecular formula is C11H16BrNO. The number of rotatable bonds is 5. The van der Waals surface area contributed by atoms with Crippen molar-refractivity contribution < 1.29 is 4.74 Å². The number of hydrogen-bond donors (Lipinski definition) is 1. The molecule has 2 N–H and O–H groups in total. The molecule has 1 atom stereocenters. The predicted molar refractivity (Wildman–Crippen MR) is 62.5 cm³/mol. The maximum Gasteiger partial charge on any atom is 0.120 e. The van der Waals surface area contributed by atoms with Crippen LogP contribution in [0.4, 0.5) is 0 Å². The molecule has 3 heteroatoms. The smallest absolute Gasteiger partial charge is 0.120 e. The fourth-order valence-corrected chi connectivity index (χ4v) is 1.53. The summed E-state index contributed by atoms with van der Waals surface area (Å²) in [5.74, 6) is 0.907. The first-order valence-corrected chi connectivity index (χ1v) is 5.62. The van der Waals surface area contributed by atoms with E-state index < -0.39 is 0 Å². The van der Waals surface area contributed by atoms with Crippen LogP contribution >= 0.6 is 15.9 Å². The van der Waals surface area contributed by atoms with Crippen LogP contribution in [0.1, 0.15) is 19.8 Å². The van der Waals surface area contributed by atoms with Gasteiger partial charge >= 0.3 is 0 Å². The molecule has 1 aromatic carbocycles. The summed E-state index contributed by atoms with van der Waals surface area (Å²) in [6.45, 7) is 2.75. The maximum atomic E-state index is 5.63. The molecule has 0 aromatic heterocycles. The Bertz CT molecular complexity index is 276. The third kappa shape index (κ3) is 4.63. The number of nitrogens with two attached hydrogens (primary N) is 1. The SMILES string of the molecule is CC(N)CCCOc1cccc(Br)c1. The summed E-state index contributed by atoms with van der Waals surface area (Å²) in [4.78, 5) is 0. The Morgan fingerprint density at radius 1 is 1.50 bits per heavy atom. The normalized spacial score (nSPS) is 12.5. The Morgan fingerprint density at radius 2 is 2.29 bits per heavy atom. The summed E-state index contributed by atoms with van der Waals surface area (Å²) < 4.78 is 6.60. The fourth-order valence-electron chi connectivity index (χ4n) is 1.15. The summed E-state index contributed by atoms with van der Waals surface area (Å²) in [5, 5.41) is 0. The Balaban J connectivity index is 2.25. The van der Waals surface area contributed by atoms with Crippen molar-refractivity contribution >= 4 is 15.9 Å². The fraction of sp³-hybridized carbons (Fsp3) is 0.455. The van der Waals surface area contributed by atoms with Gasteiger partial charge in [-0.25, -0.2) is 0 Å². The van der Waals surface area contributed by atoms with E-state index in [-0.39, 0.29) is 6.04 Å². The summed E-state index contributed by atoms with van der Waals surface area (Å²) in [7, 11) is 0. The molecule has 1 rings (SSSR count). The van der Waals surface area contributed by atoms with Crippen LogP contribution in [0.15, 0.2) is 28.7 Å². The molecule has 1 aromatic rings. The minimum atomic E-state index is 0.265. The van der Waals surface area contributed by atoms with Gasteiger partial charge in [0, 0.05) is 10.5 Å². The first-order chi connectivity index (χ1) is 6.68. The third-order valence-electron chi connectivity index (χ3n) is 1.87. The zero-order valence-electron chi connectivity index (χ0n) is 8.37. The van der Waals surface area contributed by atoms with Crippen molar-refractivity contribution in [3.63, 3.8) is 0 Å². The van der Waals surface area contributed by atoms with E-state index in [4.69, 9.17) is 10.5 Å². The van der Waals surface area contributed by atoms with Crippen molar-refractivity contribution in [2.24, 2.45) is 5.73 Å². The molecule has 0 bridgehead atoms. The highest BCUT2D eigenvalue weighted by Crippen LogP contribution is 2.17. The van der Waals surface area contributed by atoms with Crippen LogP contribution in [0.2, 0.25) is 0 Å². The highest BCUT2D eigenvalue weighted by atomic mass is 79.9. The first-order valence-electron chi connectivity index (χ1n) is 4.82. The Kier molecular flexibility index (Phi) is 4.98. The van der Waals surface area contributed by atoms with Gasteiger partial charge in [0.15, 0.2) is 0 Å². The Morgan fingerprint density at radius 3 is 2.93 bits per heavy atom. The molecule has 14 heavy (non-hydrogen) atoms. The van der Waals surface area contributed by atoms with Gasteiger partial charge in [-0.3, -0.25) is 0 Å². The highest BCUT2D eigenvalue weighted by molar-refractivity contribution is 9.10. The molecule has 0 radical (unpaired) electrons. The van der Waals surface area contributed by atoms with E-state index in [0.29, 0.717) is 0 Å². The van der Waals surface area contributed by atoms with E-state index >= 15 is 0 Å². The Hall–Kier alpha value is -0.540. The average Bonchev–Trinajstić information content (AvgIpc) is 2.12. The van der Waals surface area contributed by atoms with Crippen molar-refractivity contribution in [2.45, 2.75) is 25.8 Å². The van der Waals surface area contributed by atoms with Crippen molar-refractivity contribution in [1.82, 2.24) is 0 Å². The van der Waals surface area contributed by atoms with Gasteiger partial charge in [0.25, 0.3) is 0 Å². The summed E-state index contributed by atoms with van der Waals surface area (Å²) in [5.41, 5.74) is 5.63. The summed E-state index contributed by atoms with van der Waals surface area (Å²) in [6, 6.07) is 8.13. The number of benzene rings is 1. The number of hydrogen-bond acceptors (Lipinski definition) is 2. The minimum Gasteiger partial charge on any atom is -0.494 e. The van der Waals surface area contributed by atoms with E-state index in [0.717, 1.165) is 29.7 Å². The first kappa shape index (κ1) is 11.5. The topological polar surface area (TPSA) is 35.2 Å². The molecule has 0 aliphatic rings. The zero-order chi connectivity index (χ0) is 10.4. The van der Waals surface area contributed by atoms with Gasteiger partial charge in [-0.2, -0.15) is 0 Å². The van der Waals surface area contributed by atoms with E-state index in [2.05, 4.69) is 15.9 Å². The predicted octanol–water partition coefficient (Wildman–Crippen LogP) is 2.96. The quantitative estimate of drug-likeness (QED) is 0.824. The lowest BCUT2D eigenvalue weighted by Gasteiger charge is -2.07. The van der Waals surface area contributed by atoms with E-state index in [9.17, 15) is 0 Å². The molecule has 2 nitrogen and oxygen atoms in total. The van der Waals surface area contributed by atoms with Crippen LogP contribution in [0.5, 0.6) is 5.75 Å². The van der Waals surface area contributed by atoms with Crippen LogP contribution in [-0.2, 0) is 0 Å². The van der Waals surface area contributed by atoms with Crippen LogP contribution in [0.3, 0.4) is 0 Å². The average molecular weight is 258 g/mol. The van der Waals surface area contributed by atoms with E-state index in [1.807, 2.05) is 31.2 Å². The number of halogens is 1. The summed E-state index contributed by atoms with van der Waals surface area (Å²) in [6.07, 6.45) is 2.01. The molecule has 0 amide bonds. The van der Waals surface area contributed by atoms with Crippen LogP contribution in [0.25, 0.3) is 0 Å². The van der Waals surface area contributed by atoms with Gasteiger partial charge in [0.2, 0.25) is 0 Å². The number of ether oxygens (including phenoxy) is 1. The molecule has 0 saturated heterocycles. The van der Waals surface area contributed by atoms with Crippen molar-refractivity contribution in [3.05, 3.63) is 28.7 Å². The lowest BCUT2D eigenvalue weighted by Crippen LogP contribution is -2.15. The van der Waals surface area contributed by atoms with Gasteiger partial charge in [-0.1, -0.05) is 22.0 Å². The van der Waals surface area contributed by atoms with E-state index in [1.54, 1.807) is 0 Å². The second-order valence-corrected chi connectivity index (χ2v) is 4.34. The van der Waals surface area contributed by atoms with Gasteiger partial charge < -0.3 is 10.5 Å². The van der Waals surface area contributed by atoms with Crippen molar-refractivity contribution in [3.8, 4) is 5.75 Å². The van der Waals surface area contributed by atoms with E-state index in [1.165, 1.54) is 0 Å². The standard InChI is InChI=1S/C11H16BrNO/c1-9(13)4-3-7-14-11-6-2-5-10(12)8-11/h2,5-6,8-9H,3-4,7,13H2,1H3. The highest BCUT2D eigenvalue weighted by Gasteiger charge is 1.96. The maximum absolute atomic E-state index is 5.63. The van der Waals surface area contributed by atoms with Crippen LogP contribution < -0.4 is 10.5 Å². The minimum absolute atomic E-state index is 0.265. The monoisotopic (exact) mass is 257 g/mol. The lowest BCUT2D eigenvalue weighted by molar-refractivity contribution is 0.302. The van der Waals surface area contributed by atoms with Gasteiger partial charge in [0.05, 0.1) is 6.61 Å². The molecule has 0 aliphatic heterocycles. The molecule has 0 fully saturated rings. The second kappa shape index (κ2) is 6.04. The zero-order valence-corrected chi connectivity index (χ0v) is 9.96. The molecule has 1 unspecified atom stereocenters. The molecule has 0 spiro atoms. The third-order valence-corrected chi connectivity index (χ3v) is 2.36. The van der Waals surface area contributed by atoms with Gasteiger partial charge in [-0.05, 0) is 38.0 Å². The molecule has 78 valence electrons. The van der Waals surface area contributed by atoms with Crippen LogP contribution in [0, 0.1) is 0 Å². The van der Waals surface area contributed by atoms with Gasteiger partial charge in [0.1, 0.15) is 5.75 Å². The molecule has 0 heterocycles. The molecule has 0 aliphatic carbocycles. The Labute approximate surface area is 93.6 Å². The largest absolute Gasteiger partial charge is 0.494 e. The van der Waals surface area contributed by atoms with Crippen LogP contribution in [-0.4, -0.2) is 12.6 Å². The van der Waals surface area contributed by atoms with Gasteiger partial charge in [-0.15, -0.1) is 0 Å². The molecular weight excluding hydrogens is 242 g/mol. The lowest BCUT2D eigenvalue weighted by atomic mass is 10.2. The van der Waals surface area contributed by atoms with Crippen molar-refractivity contribution in [2.75, 3.05) is 6.61 Å². The summed E-state index contributed by atoms with van der Waals surface area (Å²) >= 11 is 3.39. The second-order valence-electron chi connectivity index (χ2n) is 3.43. The molecule has 0 saturated carbocycles. The van der Waals surface area contributed by atoms with Crippen molar-refractivity contribution in [1.29, 1.82) is 0 Å².